The van der Waals surface area contributed by atoms with E-state index in [-0.39, 0.29) is 12.2 Å². The number of aromatic amines is 1. The van der Waals surface area contributed by atoms with E-state index in [0.29, 0.717) is 0 Å². The number of aliphatic hydroxyl groups excluding tert-OH is 1. The molecule has 130 valence electrons. The molecule has 2 N–H and O–H groups in total. The monoisotopic (exact) mass is 355 g/mol. The van der Waals surface area contributed by atoms with Gasteiger partial charge in [0.1, 0.15) is 5.60 Å². The van der Waals surface area contributed by atoms with E-state index in [0.717, 1.165) is 49.8 Å². The Balaban J connectivity index is 1.45. The first kappa shape index (κ1) is 15.4. The summed E-state index contributed by atoms with van der Waals surface area (Å²) in [7, 11) is 0. The molecule has 25 heavy (non-hydrogen) atoms. The van der Waals surface area contributed by atoms with Gasteiger partial charge in [0.05, 0.1) is 24.6 Å². The van der Waals surface area contributed by atoms with Crippen molar-refractivity contribution in [2.45, 2.75) is 31.5 Å². The van der Waals surface area contributed by atoms with E-state index < -0.39 is 0 Å². The van der Waals surface area contributed by atoms with Crippen molar-refractivity contribution in [3.05, 3.63) is 46.6 Å². The molecule has 2 aliphatic heterocycles. The van der Waals surface area contributed by atoms with Crippen molar-refractivity contribution in [1.29, 1.82) is 0 Å². The van der Waals surface area contributed by atoms with Crippen LogP contribution < -0.4 is 4.90 Å². The summed E-state index contributed by atoms with van der Waals surface area (Å²) >= 11 is 1.61. The van der Waals surface area contributed by atoms with Gasteiger partial charge in [0, 0.05) is 29.4 Å². The average molecular weight is 355 g/mol. The molecule has 4 heterocycles. The zero-order valence-electron chi connectivity index (χ0n) is 14.0. The van der Waals surface area contributed by atoms with Gasteiger partial charge in [0.15, 0.2) is 5.13 Å². The molecular formula is C19H21N3O2S. The van der Waals surface area contributed by atoms with Crippen LogP contribution in [-0.2, 0) is 23.4 Å². The lowest BCUT2D eigenvalue weighted by Gasteiger charge is -2.43. The van der Waals surface area contributed by atoms with Crippen molar-refractivity contribution in [1.82, 2.24) is 9.97 Å². The van der Waals surface area contributed by atoms with Gasteiger partial charge in [-0.25, -0.2) is 4.98 Å². The van der Waals surface area contributed by atoms with Crippen molar-refractivity contribution >= 4 is 27.4 Å². The molecule has 1 saturated heterocycles. The highest BCUT2D eigenvalue weighted by molar-refractivity contribution is 7.13. The van der Waals surface area contributed by atoms with Crippen LogP contribution in [0.5, 0.6) is 0 Å². The first-order valence-electron chi connectivity index (χ1n) is 8.83. The summed E-state index contributed by atoms with van der Waals surface area (Å²) in [4.78, 5) is 10.5. The third-order valence-corrected chi connectivity index (χ3v) is 6.49. The highest BCUT2D eigenvalue weighted by atomic mass is 32.1. The minimum Gasteiger partial charge on any atom is -0.390 e. The van der Waals surface area contributed by atoms with E-state index in [1.165, 1.54) is 22.2 Å². The second kappa shape index (κ2) is 5.83. The van der Waals surface area contributed by atoms with Crippen molar-refractivity contribution < 1.29 is 9.84 Å². The van der Waals surface area contributed by atoms with Crippen LogP contribution >= 0.6 is 11.3 Å². The summed E-state index contributed by atoms with van der Waals surface area (Å²) in [5.74, 6) is 0. The average Bonchev–Trinajstić information content (AvgIpc) is 3.28. The van der Waals surface area contributed by atoms with Crippen LogP contribution in [0, 0.1) is 0 Å². The van der Waals surface area contributed by atoms with Gasteiger partial charge in [-0.1, -0.05) is 18.2 Å². The van der Waals surface area contributed by atoms with Crippen LogP contribution in [0.25, 0.3) is 10.9 Å². The number of thiazole rings is 1. The summed E-state index contributed by atoms with van der Waals surface area (Å²) in [6.45, 7) is 2.65. The van der Waals surface area contributed by atoms with Gasteiger partial charge in [-0.2, -0.15) is 0 Å². The lowest BCUT2D eigenvalue weighted by Crippen LogP contribution is -2.46. The predicted molar refractivity (Wildman–Crippen MR) is 99.1 cm³/mol. The van der Waals surface area contributed by atoms with Crippen LogP contribution in [0.15, 0.2) is 29.6 Å². The van der Waals surface area contributed by atoms with Crippen LogP contribution in [0.4, 0.5) is 5.13 Å². The Hall–Kier alpha value is -1.89. The molecule has 5 nitrogen and oxygen atoms in total. The molecule has 0 atom stereocenters. The number of ether oxygens (including phenoxy) is 1. The fraction of sp³-hybridized carbons (Fsp3) is 0.421. The molecule has 1 spiro atoms. The quantitative estimate of drug-likeness (QED) is 0.741. The number of aromatic nitrogens is 2. The van der Waals surface area contributed by atoms with Crippen molar-refractivity contribution in [3.8, 4) is 0 Å². The van der Waals surface area contributed by atoms with E-state index in [9.17, 15) is 5.11 Å². The molecule has 3 aromatic rings. The molecule has 0 saturated carbocycles. The molecule has 1 aromatic carbocycles. The lowest BCUT2D eigenvalue weighted by atomic mass is 9.83. The van der Waals surface area contributed by atoms with E-state index in [2.05, 4.69) is 39.1 Å². The predicted octanol–water partition coefficient (Wildman–Crippen LogP) is 3.19. The zero-order valence-corrected chi connectivity index (χ0v) is 14.8. The van der Waals surface area contributed by atoms with E-state index in [1.807, 2.05) is 5.38 Å². The SMILES string of the molecule is OCc1csc(N2CCC3(CC2)OCCc2c3[nH]c3ccccc23)n1. The Kier molecular flexibility index (Phi) is 3.58. The highest BCUT2D eigenvalue weighted by Crippen LogP contribution is 2.44. The van der Waals surface area contributed by atoms with E-state index >= 15 is 0 Å². The number of piperidine rings is 1. The number of aliphatic hydroxyl groups is 1. The summed E-state index contributed by atoms with van der Waals surface area (Å²) in [5.41, 5.74) is 4.50. The number of nitrogens with zero attached hydrogens (tertiary/aromatic N) is 2. The molecular weight excluding hydrogens is 334 g/mol. The standard InChI is InChI=1S/C19H21N3O2S/c23-11-13-12-25-18(20-13)22-8-6-19(7-9-22)17-15(5-10-24-19)14-3-1-2-4-16(14)21-17/h1-4,12,21,23H,5-11H2. The van der Waals surface area contributed by atoms with Crippen molar-refractivity contribution in [2.75, 3.05) is 24.6 Å². The summed E-state index contributed by atoms with van der Waals surface area (Å²) in [6, 6.07) is 8.57. The topological polar surface area (TPSA) is 61.4 Å². The molecule has 0 unspecified atom stereocenters. The Morgan fingerprint density at radius 3 is 2.92 bits per heavy atom. The van der Waals surface area contributed by atoms with Gasteiger partial charge < -0.3 is 19.7 Å². The highest BCUT2D eigenvalue weighted by Gasteiger charge is 2.43. The minimum atomic E-state index is -0.194. The number of benzene rings is 1. The lowest BCUT2D eigenvalue weighted by molar-refractivity contribution is -0.0790. The number of para-hydroxylation sites is 1. The van der Waals surface area contributed by atoms with Gasteiger partial charge in [0.2, 0.25) is 0 Å². The maximum Gasteiger partial charge on any atom is 0.185 e. The fourth-order valence-corrected chi connectivity index (χ4v) is 5.11. The second-order valence-corrected chi connectivity index (χ2v) is 7.72. The second-order valence-electron chi connectivity index (χ2n) is 6.88. The molecule has 0 amide bonds. The van der Waals surface area contributed by atoms with Crippen molar-refractivity contribution in [2.24, 2.45) is 0 Å². The number of anilines is 1. The minimum absolute atomic E-state index is 0.00974. The molecule has 5 rings (SSSR count). The Bertz CT molecular complexity index is 908. The summed E-state index contributed by atoms with van der Waals surface area (Å²) in [6.07, 6.45) is 2.90. The number of fused-ring (bicyclic) bond motifs is 4. The number of nitrogens with one attached hydrogen (secondary N) is 1. The van der Waals surface area contributed by atoms with Crippen LogP contribution in [0.2, 0.25) is 0 Å². The largest absolute Gasteiger partial charge is 0.390 e. The molecule has 6 heteroatoms. The maximum absolute atomic E-state index is 9.23. The number of H-pyrrole nitrogens is 1. The number of rotatable bonds is 2. The molecule has 0 bridgehead atoms. The van der Waals surface area contributed by atoms with Crippen LogP contribution in [-0.4, -0.2) is 34.8 Å². The van der Waals surface area contributed by atoms with Crippen LogP contribution in [0.3, 0.4) is 0 Å². The molecule has 1 fully saturated rings. The Morgan fingerprint density at radius 2 is 2.12 bits per heavy atom. The van der Waals surface area contributed by atoms with Crippen molar-refractivity contribution in [3.63, 3.8) is 0 Å². The Morgan fingerprint density at radius 1 is 1.28 bits per heavy atom. The zero-order chi connectivity index (χ0) is 16.9. The Labute approximate surface area is 150 Å². The van der Waals surface area contributed by atoms with Gasteiger partial charge in [0.25, 0.3) is 0 Å². The van der Waals surface area contributed by atoms with Gasteiger partial charge in [-0.3, -0.25) is 0 Å². The molecule has 0 radical (unpaired) electrons. The van der Waals surface area contributed by atoms with Gasteiger partial charge in [-0.15, -0.1) is 11.3 Å². The molecule has 2 aliphatic rings. The maximum atomic E-state index is 9.23. The summed E-state index contributed by atoms with van der Waals surface area (Å²) in [5, 5.41) is 13.5. The third-order valence-electron chi connectivity index (χ3n) is 5.54. The molecule has 0 aliphatic carbocycles. The van der Waals surface area contributed by atoms with Gasteiger partial charge in [-0.05, 0) is 30.9 Å². The van der Waals surface area contributed by atoms with E-state index in [4.69, 9.17) is 4.74 Å². The normalized spacial score (nSPS) is 19.5. The summed E-state index contributed by atoms with van der Waals surface area (Å²) < 4.78 is 6.36. The van der Waals surface area contributed by atoms with Crippen LogP contribution in [0.1, 0.15) is 29.8 Å². The number of hydrogen-bond donors (Lipinski definition) is 2. The molecule has 2 aromatic heterocycles. The smallest absolute Gasteiger partial charge is 0.185 e. The fourth-order valence-electron chi connectivity index (χ4n) is 4.24. The number of hydrogen-bond acceptors (Lipinski definition) is 5. The van der Waals surface area contributed by atoms with E-state index in [1.54, 1.807) is 11.3 Å². The first-order valence-corrected chi connectivity index (χ1v) is 9.71. The van der Waals surface area contributed by atoms with Gasteiger partial charge >= 0.3 is 0 Å². The first-order chi connectivity index (χ1) is 12.3. The third kappa shape index (κ3) is 2.39.